The lowest BCUT2D eigenvalue weighted by Gasteiger charge is -2.19. The Morgan fingerprint density at radius 2 is 1.59 bits per heavy atom. The van der Waals surface area contributed by atoms with Crippen molar-refractivity contribution in [3.8, 4) is 11.5 Å². The first-order valence-electron chi connectivity index (χ1n) is 11.4. The van der Waals surface area contributed by atoms with Crippen LogP contribution in [0.4, 0.5) is 14.9 Å². The van der Waals surface area contributed by atoms with E-state index in [4.69, 9.17) is 9.47 Å². The van der Waals surface area contributed by atoms with E-state index in [1.807, 2.05) is 55.5 Å². The monoisotopic (exact) mass is 460 g/mol. The first-order valence-corrected chi connectivity index (χ1v) is 11.4. The molecule has 0 radical (unpaired) electrons. The van der Waals surface area contributed by atoms with Crippen LogP contribution in [-0.4, -0.2) is 36.1 Å². The van der Waals surface area contributed by atoms with Gasteiger partial charge in [0, 0.05) is 12.1 Å². The van der Waals surface area contributed by atoms with Gasteiger partial charge in [-0.05, 0) is 54.8 Å². The molecule has 1 saturated heterocycles. The Morgan fingerprint density at radius 1 is 0.941 bits per heavy atom. The Kier molecular flexibility index (Phi) is 5.92. The molecular weight excluding hydrogens is 435 g/mol. The van der Waals surface area contributed by atoms with Gasteiger partial charge in [-0.2, -0.15) is 0 Å². The number of nitrogens with zero attached hydrogens (tertiary/aromatic N) is 2. The predicted molar refractivity (Wildman–Crippen MR) is 126 cm³/mol. The molecule has 7 heteroatoms. The Bertz CT molecular complexity index is 1200. The topological polar surface area (TPSA) is 59.1 Å². The van der Waals surface area contributed by atoms with Crippen LogP contribution in [0.5, 0.6) is 11.5 Å². The SMILES string of the molecule is CCN1C(=O)OCC1Cc1ccc(Oc2ccc(CN3C(=O)C(F)c4ccccc43)cc2)cc1. The molecule has 6 nitrogen and oxygen atoms in total. The lowest BCUT2D eigenvalue weighted by molar-refractivity contribution is -0.122. The molecule has 0 N–H and O–H groups in total. The second-order valence-corrected chi connectivity index (χ2v) is 8.46. The van der Waals surface area contributed by atoms with E-state index in [2.05, 4.69) is 0 Å². The summed E-state index contributed by atoms with van der Waals surface area (Å²) in [5.74, 6) is 0.837. The maximum absolute atomic E-state index is 14.3. The highest BCUT2D eigenvalue weighted by Gasteiger charge is 2.37. The van der Waals surface area contributed by atoms with Crippen LogP contribution >= 0.6 is 0 Å². The van der Waals surface area contributed by atoms with Crippen molar-refractivity contribution in [2.24, 2.45) is 0 Å². The summed E-state index contributed by atoms with van der Waals surface area (Å²) in [5.41, 5.74) is 3.03. The van der Waals surface area contributed by atoms with Gasteiger partial charge in [0.1, 0.15) is 18.1 Å². The molecule has 1 fully saturated rings. The second-order valence-electron chi connectivity index (χ2n) is 8.46. The lowest BCUT2D eigenvalue weighted by Crippen LogP contribution is -2.34. The van der Waals surface area contributed by atoms with E-state index in [1.165, 1.54) is 4.90 Å². The standard InChI is InChI=1S/C27H25FN2O4/c1-2-29-20(17-33-27(29)32)15-18-7-11-21(12-8-18)34-22-13-9-19(10-14-22)16-30-24-6-4-3-5-23(24)25(28)26(30)31/h3-14,20,25H,2,15-17H2,1H3. The van der Waals surface area contributed by atoms with Crippen LogP contribution in [-0.2, 0) is 22.5 Å². The van der Waals surface area contributed by atoms with Crippen LogP contribution in [0.3, 0.4) is 0 Å². The maximum atomic E-state index is 14.3. The minimum atomic E-state index is -1.60. The molecule has 2 unspecified atom stereocenters. The van der Waals surface area contributed by atoms with Gasteiger partial charge in [0.2, 0.25) is 6.17 Å². The summed E-state index contributed by atoms with van der Waals surface area (Å²) in [5, 5.41) is 0. The number of ether oxygens (including phenoxy) is 2. The smallest absolute Gasteiger partial charge is 0.410 e. The van der Waals surface area contributed by atoms with Gasteiger partial charge < -0.3 is 19.3 Å². The summed E-state index contributed by atoms with van der Waals surface area (Å²) in [6, 6.07) is 22.2. The third-order valence-corrected chi connectivity index (χ3v) is 6.29. The summed E-state index contributed by atoms with van der Waals surface area (Å²) in [7, 11) is 0. The van der Waals surface area contributed by atoms with Crippen LogP contribution in [0.25, 0.3) is 0 Å². The highest BCUT2D eigenvalue weighted by Crippen LogP contribution is 2.38. The molecule has 0 bridgehead atoms. The van der Waals surface area contributed by atoms with E-state index in [9.17, 15) is 14.0 Å². The quantitative estimate of drug-likeness (QED) is 0.473. The van der Waals surface area contributed by atoms with E-state index < -0.39 is 12.1 Å². The number of cyclic esters (lactones) is 1. The molecule has 2 heterocycles. The number of benzene rings is 3. The van der Waals surface area contributed by atoms with Gasteiger partial charge in [-0.25, -0.2) is 9.18 Å². The average Bonchev–Trinajstić information content (AvgIpc) is 3.33. The molecule has 174 valence electrons. The number of anilines is 1. The molecule has 0 aromatic heterocycles. The Morgan fingerprint density at radius 3 is 2.26 bits per heavy atom. The molecule has 2 atom stereocenters. The largest absolute Gasteiger partial charge is 0.457 e. The van der Waals surface area contributed by atoms with Crippen molar-refractivity contribution < 1.29 is 23.5 Å². The number of amides is 2. The van der Waals surface area contributed by atoms with Crippen LogP contribution in [0.2, 0.25) is 0 Å². The zero-order valence-electron chi connectivity index (χ0n) is 18.8. The van der Waals surface area contributed by atoms with Crippen LogP contribution in [0, 0.1) is 0 Å². The number of alkyl halides is 1. The number of hydrogen-bond acceptors (Lipinski definition) is 4. The van der Waals surface area contributed by atoms with E-state index in [-0.39, 0.29) is 12.1 Å². The summed E-state index contributed by atoms with van der Waals surface area (Å²) in [4.78, 5) is 27.3. The summed E-state index contributed by atoms with van der Waals surface area (Å²) in [6.45, 7) is 3.29. The molecule has 0 saturated carbocycles. The number of carbonyl (C=O) groups is 2. The number of fused-ring (bicyclic) bond motifs is 1. The maximum Gasteiger partial charge on any atom is 0.410 e. The highest BCUT2D eigenvalue weighted by molar-refractivity contribution is 6.03. The van der Waals surface area contributed by atoms with Crippen molar-refractivity contribution in [2.75, 3.05) is 18.1 Å². The van der Waals surface area contributed by atoms with Crippen molar-refractivity contribution in [2.45, 2.75) is 32.1 Å². The molecule has 0 aliphatic carbocycles. The van der Waals surface area contributed by atoms with Gasteiger partial charge in [-0.3, -0.25) is 4.79 Å². The molecule has 2 aliphatic heterocycles. The predicted octanol–water partition coefficient (Wildman–Crippen LogP) is 5.42. The van der Waals surface area contributed by atoms with Crippen molar-refractivity contribution in [1.29, 1.82) is 0 Å². The average molecular weight is 461 g/mol. The minimum absolute atomic E-state index is 0.0546. The Hall–Kier alpha value is -3.87. The van der Waals surface area contributed by atoms with Crippen LogP contribution in [0.1, 0.15) is 29.8 Å². The van der Waals surface area contributed by atoms with Crippen molar-refractivity contribution in [3.63, 3.8) is 0 Å². The number of rotatable bonds is 7. The highest BCUT2D eigenvalue weighted by atomic mass is 19.1. The molecule has 2 amide bonds. The zero-order chi connectivity index (χ0) is 23.7. The van der Waals surface area contributed by atoms with Crippen LogP contribution in [0.15, 0.2) is 72.8 Å². The van der Waals surface area contributed by atoms with Gasteiger partial charge in [-0.1, -0.05) is 42.5 Å². The first kappa shape index (κ1) is 21.9. The fourth-order valence-corrected chi connectivity index (χ4v) is 4.49. The molecule has 5 rings (SSSR count). The van der Waals surface area contributed by atoms with Gasteiger partial charge in [-0.15, -0.1) is 0 Å². The van der Waals surface area contributed by atoms with E-state index in [0.29, 0.717) is 42.4 Å². The first-order chi connectivity index (χ1) is 16.5. The van der Waals surface area contributed by atoms with E-state index in [1.54, 1.807) is 29.2 Å². The third kappa shape index (κ3) is 4.21. The lowest BCUT2D eigenvalue weighted by atomic mass is 10.1. The Balaban J connectivity index is 1.20. The number of likely N-dealkylation sites (N-methyl/N-ethyl adjacent to an activating group) is 1. The summed E-state index contributed by atoms with van der Waals surface area (Å²) < 4.78 is 25.4. The fourth-order valence-electron chi connectivity index (χ4n) is 4.49. The minimum Gasteiger partial charge on any atom is -0.457 e. The van der Waals surface area contributed by atoms with Crippen molar-refractivity contribution >= 4 is 17.7 Å². The normalized spacial score (nSPS) is 19.4. The third-order valence-electron chi connectivity index (χ3n) is 6.29. The number of hydrogen-bond donors (Lipinski definition) is 0. The molecule has 3 aromatic rings. The van der Waals surface area contributed by atoms with Gasteiger partial charge in [0.25, 0.3) is 5.91 Å². The van der Waals surface area contributed by atoms with Gasteiger partial charge in [0.15, 0.2) is 0 Å². The Labute approximate surface area is 197 Å². The zero-order valence-corrected chi connectivity index (χ0v) is 18.8. The van der Waals surface area contributed by atoms with E-state index >= 15 is 0 Å². The molecular formula is C27H25FN2O4. The van der Waals surface area contributed by atoms with E-state index in [0.717, 1.165) is 17.5 Å². The molecule has 2 aliphatic rings. The van der Waals surface area contributed by atoms with Gasteiger partial charge in [0.05, 0.1) is 18.3 Å². The number of para-hydroxylation sites is 1. The molecule has 0 spiro atoms. The summed E-state index contributed by atoms with van der Waals surface area (Å²) >= 11 is 0. The second kappa shape index (κ2) is 9.17. The molecule has 34 heavy (non-hydrogen) atoms. The van der Waals surface area contributed by atoms with Crippen LogP contribution < -0.4 is 9.64 Å². The number of halogens is 1. The molecule has 3 aromatic carbocycles. The fraction of sp³-hybridized carbons (Fsp3) is 0.259. The van der Waals surface area contributed by atoms with Gasteiger partial charge >= 0.3 is 6.09 Å². The van der Waals surface area contributed by atoms with Crippen molar-refractivity contribution in [1.82, 2.24) is 4.90 Å². The summed E-state index contributed by atoms with van der Waals surface area (Å²) in [6.07, 6.45) is -1.13. The van der Waals surface area contributed by atoms with Crippen molar-refractivity contribution in [3.05, 3.63) is 89.5 Å². The number of carbonyl (C=O) groups excluding carboxylic acids is 2.